The van der Waals surface area contributed by atoms with Gasteiger partial charge in [-0.25, -0.2) is 8.42 Å². The summed E-state index contributed by atoms with van der Waals surface area (Å²) in [6.07, 6.45) is 3.02. The van der Waals surface area contributed by atoms with Crippen LogP contribution in [0.25, 0.3) is 0 Å². The number of amides is 2. The largest absolute Gasteiger partial charge is 0.351 e. The van der Waals surface area contributed by atoms with Crippen LogP contribution in [-0.4, -0.2) is 43.3 Å². The zero-order chi connectivity index (χ0) is 23.8. The molecule has 0 spiro atoms. The van der Waals surface area contributed by atoms with Gasteiger partial charge in [0.2, 0.25) is 11.8 Å². The first-order chi connectivity index (χ1) is 15.8. The zero-order valence-corrected chi connectivity index (χ0v) is 20.6. The van der Waals surface area contributed by atoms with Crippen LogP contribution in [0.2, 0.25) is 0 Å². The molecule has 178 valence electrons. The van der Waals surface area contributed by atoms with Crippen LogP contribution >= 0.6 is 11.8 Å². The van der Waals surface area contributed by atoms with Gasteiger partial charge < -0.3 is 10.6 Å². The molecule has 0 aliphatic carbocycles. The highest BCUT2D eigenvalue weighted by Crippen LogP contribution is 2.21. The summed E-state index contributed by atoms with van der Waals surface area (Å²) in [5.41, 5.74) is 2.73. The fourth-order valence-corrected chi connectivity index (χ4v) is 5.78. The Labute approximate surface area is 200 Å². The Kier molecular flexibility index (Phi) is 8.94. The molecule has 33 heavy (non-hydrogen) atoms. The predicted molar refractivity (Wildman–Crippen MR) is 131 cm³/mol. The SMILES string of the molecule is CCCCc1ccc(S(=O)(=O)C2CNC(SCC(=O)NCc3ccc(C)cc3)NC2=O)cc1. The van der Waals surface area contributed by atoms with Crippen LogP contribution in [0.3, 0.4) is 0 Å². The first-order valence-corrected chi connectivity index (χ1v) is 13.7. The molecule has 1 aliphatic rings. The van der Waals surface area contributed by atoms with Crippen molar-refractivity contribution in [3.05, 3.63) is 65.2 Å². The summed E-state index contributed by atoms with van der Waals surface area (Å²) in [5, 5.41) is 7.33. The quantitative estimate of drug-likeness (QED) is 0.474. The molecule has 2 atom stereocenters. The number of aryl methyl sites for hydroxylation is 2. The van der Waals surface area contributed by atoms with E-state index < -0.39 is 26.5 Å². The number of carbonyl (C=O) groups is 2. The van der Waals surface area contributed by atoms with Crippen molar-refractivity contribution in [1.82, 2.24) is 16.0 Å². The second-order valence-corrected chi connectivity index (χ2v) is 11.4. The van der Waals surface area contributed by atoms with Crippen LogP contribution in [0.5, 0.6) is 0 Å². The van der Waals surface area contributed by atoms with E-state index in [9.17, 15) is 18.0 Å². The van der Waals surface area contributed by atoms with Crippen LogP contribution in [0.4, 0.5) is 0 Å². The molecule has 1 fully saturated rings. The highest BCUT2D eigenvalue weighted by atomic mass is 32.2. The first-order valence-electron chi connectivity index (χ1n) is 11.1. The van der Waals surface area contributed by atoms with Crippen molar-refractivity contribution in [3.8, 4) is 0 Å². The number of hydrogen-bond acceptors (Lipinski definition) is 6. The number of hydrogen-bond donors (Lipinski definition) is 3. The summed E-state index contributed by atoms with van der Waals surface area (Å²) in [5.74, 6) is -0.573. The summed E-state index contributed by atoms with van der Waals surface area (Å²) >= 11 is 1.21. The van der Waals surface area contributed by atoms with E-state index in [1.807, 2.05) is 43.3 Å². The fourth-order valence-electron chi connectivity index (χ4n) is 3.44. The Hall–Kier alpha value is -2.36. The summed E-state index contributed by atoms with van der Waals surface area (Å²) in [6, 6.07) is 14.7. The first kappa shape index (κ1) is 25.3. The maximum atomic E-state index is 13.0. The lowest BCUT2D eigenvalue weighted by molar-refractivity contribution is -0.122. The van der Waals surface area contributed by atoms with Gasteiger partial charge in [-0.2, -0.15) is 0 Å². The standard InChI is InChI=1S/C24H31N3O4S2/c1-3-4-5-18-10-12-20(13-11-18)33(30,31)21-15-26-24(27-23(21)29)32-16-22(28)25-14-19-8-6-17(2)7-9-19/h6-13,21,24,26H,3-5,14-16H2,1-2H3,(H,25,28)(H,27,29). The third-order valence-electron chi connectivity index (χ3n) is 5.49. The van der Waals surface area contributed by atoms with Crippen molar-refractivity contribution in [2.45, 2.75) is 55.3 Å². The predicted octanol–water partition coefficient (Wildman–Crippen LogP) is 2.53. The zero-order valence-electron chi connectivity index (χ0n) is 19.0. The smallest absolute Gasteiger partial charge is 0.241 e. The number of nitrogens with one attached hydrogen (secondary N) is 3. The molecule has 7 nitrogen and oxygen atoms in total. The summed E-state index contributed by atoms with van der Waals surface area (Å²) < 4.78 is 25.9. The van der Waals surface area contributed by atoms with E-state index >= 15 is 0 Å². The monoisotopic (exact) mass is 489 g/mol. The molecule has 0 bridgehead atoms. The Balaban J connectivity index is 1.48. The van der Waals surface area contributed by atoms with Crippen LogP contribution < -0.4 is 16.0 Å². The average Bonchev–Trinajstić information content (AvgIpc) is 2.81. The molecule has 3 rings (SSSR count). The van der Waals surface area contributed by atoms with E-state index in [1.54, 1.807) is 12.1 Å². The molecule has 0 radical (unpaired) electrons. The molecule has 3 N–H and O–H groups in total. The Morgan fingerprint density at radius 3 is 2.39 bits per heavy atom. The minimum atomic E-state index is -3.81. The lowest BCUT2D eigenvalue weighted by atomic mass is 10.1. The lowest BCUT2D eigenvalue weighted by Gasteiger charge is -2.29. The van der Waals surface area contributed by atoms with E-state index in [0.717, 1.165) is 36.0 Å². The van der Waals surface area contributed by atoms with E-state index in [4.69, 9.17) is 0 Å². The number of unbranched alkanes of at least 4 members (excludes halogenated alkanes) is 1. The molecule has 1 heterocycles. The van der Waals surface area contributed by atoms with Gasteiger partial charge in [0.15, 0.2) is 15.1 Å². The topological polar surface area (TPSA) is 104 Å². The van der Waals surface area contributed by atoms with Gasteiger partial charge >= 0.3 is 0 Å². The second-order valence-electron chi connectivity index (χ2n) is 8.15. The maximum absolute atomic E-state index is 13.0. The average molecular weight is 490 g/mol. The van der Waals surface area contributed by atoms with Crippen LogP contribution in [0.1, 0.15) is 36.5 Å². The second kappa shape index (κ2) is 11.7. The van der Waals surface area contributed by atoms with Crippen molar-refractivity contribution in [3.63, 3.8) is 0 Å². The third-order valence-corrected chi connectivity index (χ3v) is 8.60. The van der Waals surface area contributed by atoms with Gasteiger partial charge in [0.05, 0.1) is 10.6 Å². The molecule has 1 saturated heterocycles. The van der Waals surface area contributed by atoms with Crippen LogP contribution in [-0.2, 0) is 32.4 Å². The lowest BCUT2D eigenvalue weighted by Crippen LogP contribution is -2.59. The number of sulfone groups is 1. The number of benzene rings is 2. The van der Waals surface area contributed by atoms with Gasteiger partial charge in [-0.05, 0) is 43.0 Å². The molecule has 2 aromatic rings. The molecule has 2 amide bonds. The molecule has 0 saturated carbocycles. The highest BCUT2D eigenvalue weighted by molar-refractivity contribution is 8.00. The van der Waals surface area contributed by atoms with E-state index in [-0.39, 0.29) is 23.1 Å². The van der Waals surface area contributed by atoms with Crippen LogP contribution in [0.15, 0.2) is 53.4 Å². The Morgan fingerprint density at radius 1 is 1.09 bits per heavy atom. The van der Waals surface area contributed by atoms with Crippen molar-refractivity contribution < 1.29 is 18.0 Å². The van der Waals surface area contributed by atoms with Gasteiger partial charge in [-0.15, -0.1) is 11.8 Å². The van der Waals surface area contributed by atoms with Crippen molar-refractivity contribution in [2.75, 3.05) is 12.3 Å². The van der Waals surface area contributed by atoms with Crippen molar-refractivity contribution in [2.24, 2.45) is 0 Å². The molecule has 2 unspecified atom stereocenters. The normalized spacial score (nSPS) is 18.5. The van der Waals surface area contributed by atoms with E-state index in [1.165, 1.54) is 11.8 Å². The fraction of sp³-hybridized carbons (Fsp3) is 0.417. The van der Waals surface area contributed by atoms with E-state index in [2.05, 4.69) is 22.9 Å². The molecule has 9 heteroatoms. The summed E-state index contributed by atoms with van der Waals surface area (Å²) in [7, 11) is -3.81. The highest BCUT2D eigenvalue weighted by Gasteiger charge is 2.38. The van der Waals surface area contributed by atoms with Crippen molar-refractivity contribution >= 4 is 33.4 Å². The number of thioether (sulfide) groups is 1. The van der Waals surface area contributed by atoms with Gasteiger partial charge in [0.25, 0.3) is 0 Å². The van der Waals surface area contributed by atoms with Crippen LogP contribution in [0, 0.1) is 6.92 Å². The van der Waals surface area contributed by atoms with E-state index in [0.29, 0.717) is 6.54 Å². The Bertz CT molecular complexity index is 1050. The molecule has 0 aromatic heterocycles. The molecule has 1 aliphatic heterocycles. The van der Waals surface area contributed by atoms with Gasteiger partial charge in [-0.1, -0.05) is 55.3 Å². The van der Waals surface area contributed by atoms with Gasteiger partial charge in [0, 0.05) is 13.1 Å². The maximum Gasteiger partial charge on any atom is 0.241 e. The minimum Gasteiger partial charge on any atom is -0.351 e. The number of carbonyl (C=O) groups excluding carboxylic acids is 2. The molecular weight excluding hydrogens is 458 g/mol. The Morgan fingerprint density at radius 2 is 1.76 bits per heavy atom. The minimum absolute atomic E-state index is 0.00555. The summed E-state index contributed by atoms with van der Waals surface area (Å²) in [4.78, 5) is 24.9. The van der Waals surface area contributed by atoms with Gasteiger partial charge in [-0.3, -0.25) is 14.9 Å². The summed E-state index contributed by atoms with van der Waals surface area (Å²) in [6.45, 7) is 4.54. The molecular formula is C24H31N3O4S2. The number of rotatable bonds is 10. The molecule has 2 aromatic carbocycles. The van der Waals surface area contributed by atoms with Crippen molar-refractivity contribution in [1.29, 1.82) is 0 Å². The third kappa shape index (κ3) is 7.06. The van der Waals surface area contributed by atoms with Gasteiger partial charge in [0.1, 0.15) is 5.50 Å².